The molecule has 0 spiro atoms. The molecule has 4 aliphatic rings. The summed E-state index contributed by atoms with van der Waals surface area (Å²) in [6.07, 6.45) is 6.66. The van der Waals surface area contributed by atoms with Crippen LogP contribution in [0.3, 0.4) is 0 Å². The van der Waals surface area contributed by atoms with E-state index in [4.69, 9.17) is 9.47 Å². The van der Waals surface area contributed by atoms with Crippen molar-refractivity contribution in [2.24, 2.45) is 5.92 Å². The van der Waals surface area contributed by atoms with Crippen molar-refractivity contribution in [3.05, 3.63) is 23.8 Å². The number of fused-ring (bicyclic) bond motifs is 4. The lowest BCUT2D eigenvalue weighted by Gasteiger charge is -2.43. The van der Waals surface area contributed by atoms with E-state index < -0.39 is 10.0 Å². The molecule has 3 fully saturated rings. The molecule has 5 rings (SSSR count). The third kappa shape index (κ3) is 2.53. The van der Waals surface area contributed by atoms with Crippen LogP contribution >= 0.6 is 0 Å². The monoisotopic (exact) mass is 377 g/mol. The van der Waals surface area contributed by atoms with Crippen LogP contribution in [0.4, 0.5) is 0 Å². The smallest absolute Gasteiger partial charge is 0.243 e. The lowest BCUT2D eigenvalue weighted by molar-refractivity contribution is 0.0724. The van der Waals surface area contributed by atoms with E-state index in [1.54, 1.807) is 16.4 Å². The van der Waals surface area contributed by atoms with Gasteiger partial charge >= 0.3 is 0 Å². The van der Waals surface area contributed by atoms with Gasteiger partial charge in [-0.2, -0.15) is 4.31 Å². The summed E-state index contributed by atoms with van der Waals surface area (Å²) < 4.78 is 40.5. The van der Waals surface area contributed by atoms with Crippen LogP contribution in [0, 0.1) is 5.92 Å². The number of piperidine rings is 1. The van der Waals surface area contributed by atoms with Crippen LogP contribution in [-0.4, -0.2) is 37.0 Å². The molecule has 2 saturated heterocycles. The quantitative estimate of drug-likeness (QED) is 0.739. The van der Waals surface area contributed by atoms with Crippen molar-refractivity contribution < 1.29 is 17.9 Å². The minimum atomic E-state index is -3.48. The third-order valence-corrected chi connectivity index (χ3v) is 8.56. The van der Waals surface area contributed by atoms with Gasteiger partial charge < -0.3 is 9.47 Å². The van der Waals surface area contributed by atoms with Gasteiger partial charge in [0, 0.05) is 18.2 Å². The van der Waals surface area contributed by atoms with Gasteiger partial charge in [0.15, 0.2) is 0 Å². The molecule has 0 amide bonds. The Kier molecular flexibility index (Phi) is 3.73. The molecule has 0 bridgehead atoms. The van der Waals surface area contributed by atoms with Crippen LogP contribution in [0.2, 0.25) is 0 Å². The lowest BCUT2D eigenvalue weighted by atomic mass is 9.79. The van der Waals surface area contributed by atoms with Crippen LogP contribution in [0.15, 0.2) is 23.1 Å². The fourth-order valence-electron chi connectivity index (χ4n) is 5.23. The molecule has 1 aliphatic carbocycles. The van der Waals surface area contributed by atoms with Crippen LogP contribution in [0.5, 0.6) is 5.75 Å². The highest BCUT2D eigenvalue weighted by Crippen LogP contribution is 2.54. The van der Waals surface area contributed by atoms with E-state index in [2.05, 4.69) is 0 Å². The molecule has 2 unspecified atom stereocenters. The van der Waals surface area contributed by atoms with Gasteiger partial charge in [0.05, 0.1) is 4.90 Å². The van der Waals surface area contributed by atoms with E-state index in [1.807, 2.05) is 19.9 Å². The Bertz CT molecular complexity index is 832. The second-order valence-electron chi connectivity index (χ2n) is 8.75. The lowest BCUT2D eigenvalue weighted by Crippen LogP contribution is -2.49. The van der Waals surface area contributed by atoms with Gasteiger partial charge in [-0.3, -0.25) is 0 Å². The van der Waals surface area contributed by atoms with Crippen molar-refractivity contribution in [2.75, 3.05) is 6.54 Å². The average molecular weight is 378 g/mol. The Morgan fingerprint density at radius 1 is 1.12 bits per heavy atom. The maximum Gasteiger partial charge on any atom is 0.243 e. The zero-order valence-electron chi connectivity index (χ0n) is 15.5. The summed E-state index contributed by atoms with van der Waals surface area (Å²) in [5.41, 5.74) is 0.521. The molecule has 5 nitrogen and oxygen atoms in total. The molecule has 3 aliphatic heterocycles. The predicted molar refractivity (Wildman–Crippen MR) is 97.6 cm³/mol. The van der Waals surface area contributed by atoms with E-state index in [0.717, 1.165) is 30.6 Å². The van der Waals surface area contributed by atoms with Crippen LogP contribution in [0.25, 0.3) is 0 Å². The first-order valence-corrected chi connectivity index (χ1v) is 11.3. The van der Waals surface area contributed by atoms with E-state index in [-0.39, 0.29) is 23.9 Å². The summed E-state index contributed by atoms with van der Waals surface area (Å²) in [7, 11) is -3.48. The predicted octanol–water partition coefficient (Wildman–Crippen LogP) is 3.64. The van der Waals surface area contributed by atoms with Gasteiger partial charge in [-0.25, -0.2) is 8.42 Å². The Morgan fingerprint density at radius 3 is 2.73 bits per heavy atom. The Labute approximate surface area is 155 Å². The minimum Gasteiger partial charge on any atom is -0.485 e. The van der Waals surface area contributed by atoms with Crippen molar-refractivity contribution >= 4 is 10.0 Å². The highest BCUT2D eigenvalue weighted by atomic mass is 32.2. The van der Waals surface area contributed by atoms with Crippen LogP contribution < -0.4 is 4.74 Å². The normalized spacial score (nSPS) is 35.6. The second kappa shape index (κ2) is 5.69. The molecule has 26 heavy (non-hydrogen) atoms. The molecule has 142 valence electrons. The minimum absolute atomic E-state index is 0.0191. The van der Waals surface area contributed by atoms with E-state index >= 15 is 0 Å². The highest BCUT2D eigenvalue weighted by Gasteiger charge is 2.57. The zero-order chi connectivity index (χ0) is 18.1. The third-order valence-electron chi connectivity index (χ3n) is 6.64. The Morgan fingerprint density at radius 2 is 1.88 bits per heavy atom. The molecule has 0 aromatic heterocycles. The topological polar surface area (TPSA) is 59.1 Å². The number of nitrogens with zero attached hydrogens (tertiary/aromatic N) is 1. The number of sulfonamides is 1. The van der Waals surface area contributed by atoms with Gasteiger partial charge in [0.25, 0.3) is 0 Å². The average Bonchev–Trinajstić information content (AvgIpc) is 3.43. The number of ether oxygens (including phenoxy) is 2. The van der Waals surface area contributed by atoms with Crippen molar-refractivity contribution in [2.45, 2.75) is 81.1 Å². The van der Waals surface area contributed by atoms with Crippen LogP contribution in [0.1, 0.15) is 64.0 Å². The van der Waals surface area contributed by atoms with Gasteiger partial charge in [0.2, 0.25) is 10.0 Å². The fraction of sp³-hybridized carbons (Fsp3) is 0.700. The SMILES string of the molecule is CC1(C)Oc2ccc(S(=O)(=O)N3CCCC4CCCCC43)cc2[C@@H]2O[C@@H]21. The van der Waals surface area contributed by atoms with Gasteiger partial charge in [-0.15, -0.1) is 0 Å². The van der Waals surface area contributed by atoms with Gasteiger partial charge in [0.1, 0.15) is 23.6 Å². The highest BCUT2D eigenvalue weighted by molar-refractivity contribution is 7.89. The standard InChI is InChI=1S/C20H27NO4S/c1-20(2)19-18(24-19)15-12-14(9-10-17(15)25-20)26(22,23)21-11-5-7-13-6-3-4-8-16(13)21/h9-10,12-13,16,18-19H,3-8,11H2,1-2H3/t13?,16?,18-,19-/m0/s1. The number of hydrogen-bond donors (Lipinski definition) is 0. The molecular formula is C20H27NO4S. The summed E-state index contributed by atoms with van der Waals surface area (Å²) >= 11 is 0. The fourth-order valence-corrected chi connectivity index (χ4v) is 7.02. The largest absolute Gasteiger partial charge is 0.485 e. The molecule has 1 aromatic rings. The second-order valence-corrected chi connectivity index (χ2v) is 10.6. The first-order chi connectivity index (χ1) is 12.4. The zero-order valence-corrected chi connectivity index (χ0v) is 16.3. The number of hydrogen-bond acceptors (Lipinski definition) is 4. The summed E-state index contributed by atoms with van der Waals surface area (Å²) in [6, 6.07) is 5.49. The summed E-state index contributed by atoms with van der Waals surface area (Å²) in [5, 5.41) is 0. The number of rotatable bonds is 2. The maximum atomic E-state index is 13.4. The first-order valence-electron chi connectivity index (χ1n) is 9.88. The van der Waals surface area contributed by atoms with Gasteiger partial charge in [-0.05, 0) is 63.6 Å². The Hall–Kier alpha value is -1.11. The molecule has 0 radical (unpaired) electrons. The molecule has 1 saturated carbocycles. The van der Waals surface area contributed by atoms with Crippen molar-refractivity contribution in [1.82, 2.24) is 4.31 Å². The summed E-state index contributed by atoms with van der Waals surface area (Å²) in [4.78, 5) is 0.389. The molecule has 6 heteroatoms. The molecular weight excluding hydrogens is 350 g/mol. The van der Waals surface area contributed by atoms with Crippen LogP contribution in [-0.2, 0) is 14.8 Å². The Balaban J connectivity index is 1.49. The van der Waals surface area contributed by atoms with Crippen molar-refractivity contribution in [3.8, 4) is 5.75 Å². The number of epoxide rings is 1. The van der Waals surface area contributed by atoms with Gasteiger partial charge in [-0.1, -0.05) is 12.8 Å². The molecule has 1 aromatic carbocycles. The molecule has 4 atom stereocenters. The van der Waals surface area contributed by atoms with E-state index in [1.165, 1.54) is 19.3 Å². The summed E-state index contributed by atoms with van der Waals surface area (Å²) in [6.45, 7) is 4.68. The van der Waals surface area contributed by atoms with E-state index in [0.29, 0.717) is 17.4 Å². The maximum absolute atomic E-state index is 13.4. The van der Waals surface area contributed by atoms with Crippen molar-refractivity contribution in [1.29, 1.82) is 0 Å². The molecule has 3 heterocycles. The van der Waals surface area contributed by atoms with Crippen molar-refractivity contribution in [3.63, 3.8) is 0 Å². The first kappa shape index (κ1) is 17.0. The molecule has 0 N–H and O–H groups in total. The number of benzene rings is 1. The van der Waals surface area contributed by atoms with E-state index in [9.17, 15) is 8.42 Å². The summed E-state index contributed by atoms with van der Waals surface area (Å²) in [5.74, 6) is 1.28.